The van der Waals surface area contributed by atoms with Crippen molar-refractivity contribution in [3.05, 3.63) is 18.5 Å². The van der Waals surface area contributed by atoms with Gasteiger partial charge in [-0.3, -0.25) is 4.98 Å². The number of hydrogen-bond donors (Lipinski definition) is 1. The van der Waals surface area contributed by atoms with E-state index in [9.17, 15) is 0 Å². The van der Waals surface area contributed by atoms with Gasteiger partial charge in [-0.2, -0.15) is 0 Å². The molecule has 2 bridgehead atoms. The molecule has 1 saturated carbocycles. The van der Waals surface area contributed by atoms with Gasteiger partial charge < -0.3 is 10.6 Å². The highest BCUT2D eigenvalue weighted by molar-refractivity contribution is 5.67. The summed E-state index contributed by atoms with van der Waals surface area (Å²) < 4.78 is 0. The second kappa shape index (κ2) is 2.87. The van der Waals surface area contributed by atoms with Crippen LogP contribution in [0.1, 0.15) is 19.3 Å². The van der Waals surface area contributed by atoms with E-state index in [-0.39, 0.29) is 0 Å². The van der Waals surface area contributed by atoms with Crippen molar-refractivity contribution >= 4 is 11.4 Å². The number of piperidine rings is 1. The van der Waals surface area contributed by atoms with Crippen LogP contribution in [0.15, 0.2) is 18.5 Å². The molecule has 2 unspecified atom stereocenters. The minimum absolute atomic E-state index is 0.740. The lowest BCUT2D eigenvalue weighted by molar-refractivity contribution is 0.554. The van der Waals surface area contributed by atoms with Gasteiger partial charge in [-0.05, 0) is 31.2 Å². The third kappa shape index (κ3) is 1.08. The van der Waals surface area contributed by atoms with Crippen molar-refractivity contribution in [3.63, 3.8) is 0 Å². The average Bonchev–Trinajstić information content (AvgIpc) is 2.79. The van der Waals surface area contributed by atoms with Gasteiger partial charge >= 0.3 is 0 Å². The Morgan fingerprint density at radius 1 is 1.43 bits per heavy atom. The predicted molar refractivity (Wildman–Crippen MR) is 57.1 cm³/mol. The predicted octanol–water partition coefficient (Wildman–Crippen LogP) is 1.65. The molecular weight excluding hydrogens is 174 g/mol. The summed E-state index contributed by atoms with van der Waals surface area (Å²) in [6.45, 7) is 1.19. The minimum Gasteiger partial charge on any atom is -0.396 e. The summed E-state index contributed by atoms with van der Waals surface area (Å²) in [6, 6.07) is 2.78. The standard InChI is InChI=1S/C11H15N3/c12-10-6-13-4-3-11(10)14-7-8-1-2-9(14)5-8/h3-4,6,8-9H,1-2,5,7,12H2. The second-order valence-corrected chi connectivity index (χ2v) is 4.42. The second-order valence-electron chi connectivity index (χ2n) is 4.42. The third-order valence-corrected chi connectivity index (χ3v) is 3.55. The van der Waals surface area contributed by atoms with Crippen LogP contribution in [0, 0.1) is 5.92 Å². The van der Waals surface area contributed by atoms with E-state index in [0.717, 1.165) is 17.6 Å². The van der Waals surface area contributed by atoms with Crippen LogP contribution in [0.25, 0.3) is 0 Å². The fraction of sp³-hybridized carbons (Fsp3) is 0.545. The van der Waals surface area contributed by atoms with Crippen LogP contribution >= 0.6 is 0 Å². The summed E-state index contributed by atoms with van der Waals surface area (Å²) >= 11 is 0. The molecule has 2 heterocycles. The lowest BCUT2D eigenvalue weighted by Gasteiger charge is -2.29. The van der Waals surface area contributed by atoms with E-state index in [1.165, 1.54) is 31.5 Å². The van der Waals surface area contributed by atoms with Crippen LogP contribution in [0.2, 0.25) is 0 Å². The van der Waals surface area contributed by atoms with Gasteiger partial charge in [0, 0.05) is 18.8 Å². The maximum Gasteiger partial charge on any atom is 0.0738 e. The first-order valence-electron chi connectivity index (χ1n) is 5.31. The number of fused-ring (bicyclic) bond motifs is 2. The zero-order valence-electron chi connectivity index (χ0n) is 8.19. The van der Waals surface area contributed by atoms with Crippen LogP contribution in [0.3, 0.4) is 0 Å². The first-order chi connectivity index (χ1) is 6.84. The van der Waals surface area contributed by atoms with E-state index in [1.54, 1.807) is 6.20 Å². The Kier molecular flexibility index (Phi) is 1.66. The zero-order chi connectivity index (χ0) is 9.54. The van der Waals surface area contributed by atoms with Crippen molar-refractivity contribution < 1.29 is 0 Å². The summed E-state index contributed by atoms with van der Waals surface area (Å²) in [6.07, 6.45) is 7.69. The van der Waals surface area contributed by atoms with Crippen molar-refractivity contribution in [2.24, 2.45) is 5.92 Å². The van der Waals surface area contributed by atoms with Crippen molar-refractivity contribution in [2.45, 2.75) is 25.3 Å². The van der Waals surface area contributed by atoms with Gasteiger partial charge in [0.15, 0.2) is 0 Å². The molecule has 1 aliphatic heterocycles. The summed E-state index contributed by atoms with van der Waals surface area (Å²) in [5.41, 5.74) is 7.93. The molecule has 0 aromatic carbocycles. The van der Waals surface area contributed by atoms with Crippen molar-refractivity contribution in [3.8, 4) is 0 Å². The monoisotopic (exact) mass is 189 g/mol. The lowest BCUT2D eigenvalue weighted by Crippen LogP contribution is -2.32. The van der Waals surface area contributed by atoms with Gasteiger partial charge in [-0.1, -0.05) is 0 Å². The summed E-state index contributed by atoms with van der Waals surface area (Å²) in [7, 11) is 0. The van der Waals surface area contributed by atoms with Crippen LogP contribution in [0.4, 0.5) is 11.4 Å². The maximum atomic E-state index is 5.93. The molecule has 1 aromatic heterocycles. The van der Waals surface area contributed by atoms with Gasteiger partial charge in [0.25, 0.3) is 0 Å². The van der Waals surface area contributed by atoms with Crippen LogP contribution in [-0.4, -0.2) is 17.6 Å². The molecule has 1 saturated heterocycles. The zero-order valence-corrected chi connectivity index (χ0v) is 8.19. The van der Waals surface area contributed by atoms with E-state index in [2.05, 4.69) is 9.88 Å². The number of hydrogen-bond acceptors (Lipinski definition) is 3. The molecule has 0 radical (unpaired) electrons. The molecule has 1 aromatic rings. The molecule has 3 nitrogen and oxygen atoms in total. The molecule has 0 spiro atoms. The summed E-state index contributed by atoms with van der Waals surface area (Å²) in [4.78, 5) is 6.49. The number of aromatic nitrogens is 1. The average molecular weight is 189 g/mol. The van der Waals surface area contributed by atoms with Gasteiger partial charge in [0.2, 0.25) is 0 Å². The summed E-state index contributed by atoms with van der Waals surface area (Å²) in [5.74, 6) is 0.910. The number of nitrogens with two attached hydrogens (primary N) is 1. The normalized spacial score (nSPS) is 29.9. The maximum absolute atomic E-state index is 5.93. The SMILES string of the molecule is Nc1cnccc1N1CC2CCC1C2. The van der Waals surface area contributed by atoms with Gasteiger partial charge in [-0.15, -0.1) is 0 Å². The van der Waals surface area contributed by atoms with Crippen molar-refractivity contribution in [2.75, 3.05) is 17.2 Å². The Balaban J connectivity index is 1.93. The molecule has 2 N–H and O–H groups in total. The molecule has 2 fully saturated rings. The number of rotatable bonds is 1. The van der Waals surface area contributed by atoms with Gasteiger partial charge in [0.05, 0.1) is 17.6 Å². The number of pyridine rings is 1. The fourth-order valence-electron chi connectivity index (χ4n) is 2.88. The molecule has 14 heavy (non-hydrogen) atoms. The quantitative estimate of drug-likeness (QED) is 0.730. The van der Waals surface area contributed by atoms with E-state index in [0.29, 0.717) is 0 Å². The molecule has 0 amide bonds. The Bertz CT molecular complexity index is 350. The highest BCUT2D eigenvalue weighted by Gasteiger charge is 2.38. The number of nitrogen functional groups attached to an aromatic ring is 1. The topological polar surface area (TPSA) is 42.1 Å². The Morgan fingerprint density at radius 2 is 2.36 bits per heavy atom. The third-order valence-electron chi connectivity index (χ3n) is 3.55. The van der Waals surface area contributed by atoms with Crippen molar-refractivity contribution in [1.29, 1.82) is 0 Å². The lowest BCUT2D eigenvalue weighted by atomic mass is 10.1. The Hall–Kier alpha value is -1.25. The van der Waals surface area contributed by atoms with E-state index >= 15 is 0 Å². The molecule has 3 rings (SSSR count). The van der Waals surface area contributed by atoms with Crippen molar-refractivity contribution in [1.82, 2.24) is 4.98 Å². The molecule has 1 aliphatic carbocycles. The Labute approximate surface area is 83.9 Å². The van der Waals surface area contributed by atoms with Gasteiger partial charge in [0.1, 0.15) is 0 Å². The first-order valence-corrected chi connectivity index (χ1v) is 5.31. The van der Waals surface area contributed by atoms with E-state index in [1.807, 2.05) is 12.3 Å². The first kappa shape index (κ1) is 8.09. The summed E-state index contributed by atoms with van der Waals surface area (Å²) in [5, 5.41) is 0. The highest BCUT2D eigenvalue weighted by atomic mass is 15.2. The number of anilines is 2. The molecule has 3 heteroatoms. The van der Waals surface area contributed by atoms with E-state index in [4.69, 9.17) is 5.73 Å². The minimum atomic E-state index is 0.740. The number of nitrogens with zero attached hydrogens (tertiary/aromatic N) is 2. The highest BCUT2D eigenvalue weighted by Crippen LogP contribution is 2.41. The smallest absolute Gasteiger partial charge is 0.0738 e. The van der Waals surface area contributed by atoms with Crippen LogP contribution < -0.4 is 10.6 Å². The molecular formula is C11H15N3. The largest absolute Gasteiger partial charge is 0.396 e. The fourth-order valence-corrected chi connectivity index (χ4v) is 2.88. The molecule has 2 atom stereocenters. The molecule has 74 valence electrons. The van der Waals surface area contributed by atoms with E-state index < -0.39 is 0 Å². The molecule has 2 aliphatic rings. The van der Waals surface area contributed by atoms with Crippen LogP contribution in [0.5, 0.6) is 0 Å². The Morgan fingerprint density at radius 3 is 3.00 bits per heavy atom. The van der Waals surface area contributed by atoms with Gasteiger partial charge in [-0.25, -0.2) is 0 Å². The van der Waals surface area contributed by atoms with Crippen LogP contribution in [-0.2, 0) is 0 Å².